The maximum atomic E-state index is 11.9. The van der Waals surface area contributed by atoms with E-state index in [1.54, 1.807) is 0 Å². The molecule has 2 atom stereocenters. The van der Waals surface area contributed by atoms with Gasteiger partial charge in [0.15, 0.2) is 0 Å². The molecule has 1 aliphatic rings. The topological polar surface area (TPSA) is 78.4 Å². The summed E-state index contributed by atoms with van der Waals surface area (Å²) in [5, 5.41) is 15.1. The van der Waals surface area contributed by atoms with Crippen molar-refractivity contribution in [2.75, 3.05) is 11.9 Å². The van der Waals surface area contributed by atoms with E-state index in [-0.39, 0.29) is 18.0 Å². The number of hydrogen-bond acceptors (Lipinski definition) is 3. The molecule has 3 N–H and O–H groups in total. The lowest BCUT2D eigenvalue weighted by Gasteiger charge is -2.17. The summed E-state index contributed by atoms with van der Waals surface area (Å²) in [6.07, 6.45) is 3.46. The summed E-state index contributed by atoms with van der Waals surface area (Å²) >= 11 is 5.97. The molecule has 5 nitrogen and oxygen atoms in total. The van der Waals surface area contributed by atoms with Crippen LogP contribution in [-0.4, -0.2) is 29.6 Å². The van der Waals surface area contributed by atoms with Crippen molar-refractivity contribution in [2.24, 2.45) is 5.92 Å². The van der Waals surface area contributed by atoms with Gasteiger partial charge in [-0.15, -0.1) is 0 Å². The Bertz CT molecular complexity index is 548. The summed E-state index contributed by atoms with van der Waals surface area (Å²) in [6.45, 7) is 2.37. The summed E-state index contributed by atoms with van der Waals surface area (Å²) in [4.78, 5) is 22.8. The minimum Gasteiger partial charge on any atom is -0.478 e. The van der Waals surface area contributed by atoms with Crippen molar-refractivity contribution < 1.29 is 14.7 Å². The molecular weight excluding hydrogens is 292 g/mol. The summed E-state index contributed by atoms with van der Waals surface area (Å²) in [6, 6.07) is 4.60. The molecule has 1 aliphatic carbocycles. The molecule has 0 radical (unpaired) electrons. The molecule has 0 saturated heterocycles. The van der Waals surface area contributed by atoms with E-state index in [0.29, 0.717) is 22.7 Å². The standard InChI is InChI=1S/C15H19ClN2O3/c1-9-3-2-4-12(9)17-8-14(19)18-13-7-10(15(20)21)5-6-11(13)16/h5-7,9,12,17H,2-4,8H2,1H3,(H,18,19)(H,20,21). The fourth-order valence-corrected chi connectivity index (χ4v) is 2.79. The highest BCUT2D eigenvalue weighted by Gasteiger charge is 2.23. The zero-order valence-corrected chi connectivity index (χ0v) is 12.6. The van der Waals surface area contributed by atoms with Crippen LogP contribution in [0, 0.1) is 5.92 Å². The van der Waals surface area contributed by atoms with Gasteiger partial charge in [0, 0.05) is 6.04 Å². The maximum absolute atomic E-state index is 11.9. The largest absolute Gasteiger partial charge is 0.478 e. The predicted octanol–water partition coefficient (Wildman–Crippen LogP) is 2.75. The summed E-state index contributed by atoms with van der Waals surface area (Å²) in [7, 11) is 0. The summed E-state index contributed by atoms with van der Waals surface area (Å²) in [5.41, 5.74) is 0.412. The highest BCUT2D eigenvalue weighted by atomic mass is 35.5. The molecule has 2 rings (SSSR count). The molecule has 1 fully saturated rings. The Morgan fingerprint density at radius 3 is 2.76 bits per heavy atom. The number of hydrogen-bond donors (Lipinski definition) is 3. The first kappa shape index (κ1) is 15.8. The van der Waals surface area contributed by atoms with Crippen LogP contribution in [0.3, 0.4) is 0 Å². The summed E-state index contributed by atoms with van der Waals surface area (Å²) in [5.74, 6) is -0.699. The van der Waals surface area contributed by atoms with Crippen LogP contribution in [0.25, 0.3) is 0 Å². The van der Waals surface area contributed by atoms with E-state index in [0.717, 1.165) is 6.42 Å². The lowest BCUT2D eigenvalue weighted by atomic mass is 10.1. The molecule has 21 heavy (non-hydrogen) atoms. The van der Waals surface area contributed by atoms with E-state index in [1.165, 1.54) is 31.0 Å². The van der Waals surface area contributed by atoms with Crippen molar-refractivity contribution in [1.29, 1.82) is 0 Å². The number of benzene rings is 1. The number of carbonyl (C=O) groups excluding carboxylic acids is 1. The van der Waals surface area contributed by atoms with E-state index in [4.69, 9.17) is 16.7 Å². The van der Waals surface area contributed by atoms with Crippen LogP contribution < -0.4 is 10.6 Å². The Hall–Kier alpha value is -1.59. The van der Waals surface area contributed by atoms with E-state index in [9.17, 15) is 9.59 Å². The van der Waals surface area contributed by atoms with Gasteiger partial charge in [0.25, 0.3) is 0 Å². The van der Waals surface area contributed by atoms with Crippen LogP contribution in [-0.2, 0) is 4.79 Å². The van der Waals surface area contributed by atoms with Crippen molar-refractivity contribution >= 4 is 29.2 Å². The fraction of sp³-hybridized carbons (Fsp3) is 0.467. The molecule has 0 aromatic heterocycles. The third-order valence-electron chi connectivity index (χ3n) is 3.87. The normalized spacial score (nSPS) is 21.2. The first-order valence-corrected chi connectivity index (χ1v) is 7.41. The number of carboxylic acid groups (broad SMARTS) is 1. The van der Waals surface area contributed by atoms with Crippen molar-refractivity contribution in [3.05, 3.63) is 28.8 Å². The second-order valence-corrected chi connectivity index (χ2v) is 5.85. The minimum atomic E-state index is -1.06. The molecular formula is C15H19ClN2O3. The van der Waals surface area contributed by atoms with Gasteiger partial charge in [-0.25, -0.2) is 4.79 Å². The number of amides is 1. The second-order valence-electron chi connectivity index (χ2n) is 5.44. The minimum absolute atomic E-state index is 0.0899. The average molecular weight is 311 g/mol. The predicted molar refractivity (Wildman–Crippen MR) is 81.8 cm³/mol. The maximum Gasteiger partial charge on any atom is 0.335 e. The molecule has 1 aromatic rings. The Labute approximate surface area is 128 Å². The second kappa shape index (κ2) is 6.91. The highest BCUT2D eigenvalue weighted by Crippen LogP contribution is 2.25. The number of aromatic carboxylic acids is 1. The van der Waals surface area contributed by atoms with Gasteiger partial charge in [-0.3, -0.25) is 4.79 Å². The van der Waals surface area contributed by atoms with E-state index in [2.05, 4.69) is 17.6 Å². The van der Waals surface area contributed by atoms with Gasteiger partial charge in [0.2, 0.25) is 5.91 Å². The molecule has 114 valence electrons. The van der Waals surface area contributed by atoms with Crippen molar-refractivity contribution in [3.8, 4) is 0 Å². The monoisotopic (exact) mass is 310 g/mol. The molecule has 0 aliphatic heterocycles. The van der Waals surface area contributed by atoms with Crippen molar-refractivity contribution in [2.45, 2.75) is 32.2 Å². The quantitative estimate of drug-likeness (QED) is 0.781. The number of carbonyl (C=O) groups is 2. The lowest BCUT2D eigenvalue weighted by Crippen LogP contribution is -2.37. The van der Waals surface area contributed by atoms with Gasteiger partial charge in [0.05, 0.1) is 22.8 Å². The van der Waals surface area contributed by atoms with E-state index in [1.807, 2.05) is 0 Å². The van der Waals surface area contributed by atoms with E-state index < -0.39 is 5.97 Å². The molecule has 2 unspecified atom stereocenters. The zero-order chi connectivity index (χ0) is 15.4. The fourth-order valence-electron chi connectivity index (χ4n) is 2.62. The van der Waals surface area contributed by atoms with Gasteiger partial charge in [-0.05, 0) is 37.0 Å². The first-order chi connectivity index (χ1) is 9.97. The number of anilines is 1. The summed E-state index contributed by atoms with van der Waals surface area (Å²) < 4.78 is 0. The SMILES string of the molecule is CC1CCCC1NCC(=O)Nc1cc(C(=O)O)ccc1Cl. The Morgan fingerprint density at radius 1 is 1.38 bits per heavy atom. The number of nitrogens with one attached hydrogen (secondary N) is 2. The van der Waals surface area contributed by atoms with Crippen LogP contribution in [0.4, 0.5) is 5.69 Å². The first-order valence-electron chi connectivity index (χ1n) is 7.03. The third kappa shape index (κ3) is 4.19. The van der Waals surface area contributed by atoms with Gasteiger partial charge in [0.1, 0.15) is 0 Å². The van der Waals surface area contributed by atoms with Crippen molar-refractivity contribution in [3.63, 3.8) is 0 Å². The van der Waals surface area contributed by atoms with Crippen LogP contribution in [0.2, 0.25) is 5.02 Å². The third-order valence-corrected chi connectivity index (χ3v) is 4.20. The average Bonchev–Trinajstić information content (AvgIpc) is 2.84. The zero-order valence-electron chi connectivity index (χ0n) is 11.9. The van der Waals surface area contributed by atoms with E-state index >= 15 is 0 Å². The van der Waals surface area contributed by atoms with Crippen molar-refractivity contribution in [1.82, 2.24) is 5.32 Å². The molecule has 0 heterocycles. The van der Waals surface area contributed by atoms with Crippen LogP contribution in [0.1, 0.15) is 36.5 Å². The van der Waals surface area contributed by atoms with Crippen LogP contribution >= 0.6 is 11.6 Å². The van der Waals surface area contributed by atoms with Gasteiger partial charge >= 0.3 is 5.97 Å². The Balaban J connectivity index is 1.93. The molecule has 0 bridgehead atoms. The molecule has 1 amide bonds. The molecule has 6 heteroatoms. The molecule has 1 aromatic carbocycles. The Kier molecular flexibility index (Phi) is 5.20. The number of carboxylic acids is 1. The molecule has 1 saturated carbocycles. The van der Waals surface area contributed by atoms with Crippen LogP contribution in [0.15, 0.2) is 18.2 Å². The lowest BCUT2D eigenvalue weighted by molar-refractivity contribution is -0.115. The highest BCUT2D eigenvalue weighted by molar-refractivity contribution is 6.33. The van der Waals surface area contributed by atoms with Gasteiger partial charge in [-0.2, -0.15) is 0 Å². The number of rotatable bonds is 5. The van der Waals surface area contributed by atoms with Gasteiger partial charge in [-0.1, -0.05) is 24.9 Å². The number of halogens is 1. The molecule has 0 spiro atoms. The smallest absolute Gasteiger partial charge is 0.335 e. The van der Waals surface area contributed by atoms with Crippen LogP contribution in [0.5, 0.6) is 0 Å². The van der Waals surface area contributed by atoms with Gasteiger partial charge < -0.3 is 15.7 Å². The Morgan fingerprint density at radius 2 is 2.14 bits per heavy atom.